The number of hydrogen-bond donors (Lipinski definition) is 3. The van der Waals surface area contributed by atoms with E-state index in [1.165, 1.54) is 0 Å². The molecule has 0 aromatic heterocycles. The highest BCUT2D eigenvalue weighted by atomic mass is 28.3. The Balaban J connectivity index is 1.61. The Kier molecular flexibility index (Phi) is 8.42. The summed E-state index contributed by atoms with van der Waals surface area (Å²) in [6.45, 7) is 7.03. The number of carbonyl (C=O) groups excluding carboxylic acids is 1. The third-order valence-electron chi connectivity index (χ3n) is 5.75. The fraction of sp³-hybridized carbons (Fsp3) is 0.440. The lowest BCUT2D eigenvalue weighted by molar-refractivity contribution is -0.158. The summed E-state index contributed by atoms with van der Waals surface area (Å²) >= 11 is 0. The number of nitrogens with one attached hydrogen (secondary N) is 1. The molecule has 1 aliphatic carbocycles. The SMILES string of the molecule is C[Si](C)(C)CCOC(=O)C(CCC(=O)O)NC(O)OCC1c2ccccc2-c2ccccc21. The molecule has 2 aromatic carbocycles. The standard InChI is InChI=1S/C25H33NO6Si/c1-33(2,3)15-14-31-24(29)22(12-13-23(27)28)26-25(30)32-16-21-19-10-6-4-8-17(19)18-9-5-7-11-20(18)21/h4-11,21-22,25-26,30H,12-16H2,1-3H3,(H,27,28). The van der Waals surface area contributed by atoms with E-state index in [0.29, 0.717) is 0 Å². The Hall–Kier alpha value is -2.52. The first-order valence-corrected chi connectivity index (χ1v) is 15.0. The van der Waals surface area contributed by atoms with Crippen LogP contribution in [-0.2, 0) is 19.1 Å². The van der Waals surface area contributed by atoms with Crippen molar-refractivity contribution >= 4 is 20.0 Å². The molecule has 33 heavy (non-hydrogen) atoms. The van der Waals surface area contributed by atoms with E-state index in [4.69, 9.17) is 14.6 Å². The second-order valence-electron chi connectivity index (χ2n) is 9.54. The van der Waals surface area contributed by atoms with E-state index >= 15 is 0 Å². The van der Waals surface area contributed by atoms with Gasteiger partial charge in [-0.05, 0) is 34.7 Å². The van der Waals surface area contributed by atoms with Gasteiger partial charge in [0.2, 0.25) is 6.41 Å². The first kappa shape index (κ1) is 25.1. The predicted octanol–water partition coefficient (Wildman–Crippen LogP) is 3.80. The molecule has 8 heteroatoms. The van der Waals surface area contributed by atoms with Crippen LogP contribution in [0.4, 0.5) is 0 Å². The predicted molar refractivity (Wildman–Crippen MR) is 129 cm³/mol. The van der Waals surface area contributed by atoms with E-state index < -0.39 is 32.5 Å². The van der Waals surface area contributed by atoms with Gasteiger partial charge in [-0.3, -0.25) is 14.9 Å². The Bertz CT molecular complexity index is 928. The average Bonchev–Trinajstić information content (AvgIpc) is 3.08. The minimum absolute atomic E-state index is 0.00334. The largest absolute Gasteiger partial charge is 0.481 e. The van der Waals surface area contributed by atoms with Crippen LogP contribution in [0.25, 0.3) is 11.1 Å². The van der Waals surface area contributed by atoms with Crippen molar-refractivity contribution in [2.45, 2.75) is 56.9 Å². The number of fused-ring (bicyclic) bond motifs is 3. The number of carboxylic acids is 1. The zero-order valence-electron chi connectivity index (χ0n) is 19.4. The van der Waals surface area contributed by atoms with Crippen LogP contribution < -0.4 is 5.32 Å². The number of hydrogen-bond acceptors (Lipinski definition) is 6. The number of esters is 1. The minimum Gasteiger partial charge on any atom is -0.481 e. The Labute approximate surface area is 195 Å². The summed E-state index contributed by atoms with van der Waals surface area (Å²) in [5, 5.41) is 22.2. The van der Waals surface area contributed by atoms with E-state index in [0.717, 1.165) is 28.3 Å². The first-order chi connectivity index (χ1) is 15.7. The van der Waals surface area contributed by atoms with Crippen LogP contribution in [0.15, 0.2) is 48.5 Å². The van der Waals surface area contributed by atoms with Gasteiger partial charge in [0, 0.05) is 20.4 Å². The molecule has 2 aromatic rings. The van der Waals surface area contributed by atoms with Crippen LogP contribution >= 0.6 is 0 Å². The summed E-state index contributed by atoms with van der Waals surface area (Å²) in [4.78, 5) is 23.6. The number of aliphatic hydroxyl groups is 1. The molecule has 0 radical (unpaired) electrons. The highest BCUT2D eigenvalue weighted by Gasteiger charge is 2.30. The summed E-state index contributed by atoms with van der Waals surface area (Å²) in [6, 6.07) is 16.0. The van der Waals surface area contributed by atoms with Crippen LogP contribution in [-0.4, -0.2) is 55.9 Å². The highest BCUT2D eigenvalue weighted by Crippen LogP contribution is 2.44. The lowest BCUT2D eigenvalue weighted by Crippen LogP contribution is -2.46. The summed E-state index contributed by atoms with van der Waals surface area (Å²) in [5.41, 5.74) is 4.54. The van der Waals surface area contributed by atoms with Crippen LogP contribution in [0.3, 0.4) is 0 Å². The molecule has 1 aliphatic rings. The zero-order valence-corrected chi connectivity index (χ0v) is 20.4. The van der Waals surface area contributed by atoms with Crippen molar-refractivity contribution in [3.63, 3.8) is 0 Å². The summed E-state index contributed by atoms with van der Waals surface area (Å²) in [5.74, 6) is -1.64. The van der Waals surface area contributed by atoms with Gasteiger partial charge in [0.25, 0.3) is 0 Å². The molecule has 2 unspecified atom stereocenters. The van der Waals surface area contributed by atoms with Crippen molar-refractivity contribution in [2.24, 2.45) is 0 Å². The van der Waals surface area contributed by atoms with E-state index in [1.54, 1.807) is 0 Å². The minimum atomic E-state index is -1.44. The number of benzene rings is 2. The molecule has 2 atom stereocenters. The third-order valence-corrected chi connectivity index (χ3v) is 7.46. The second-order valence-corrected chi connectivity index (χ2v) is 15.2. The normalized spacial score (nSPS) is 14.9. The Morgan fingerprint density at radius 1 is 1.03 bits per heavy atom. The van der Waals surface area contributed by atoms with Crippen molar-refractivity contribution in [1.29, 1.82) is 0 Å². The molecule has 0 spiro atoms. The lowest BCUT2D eigenvalue weighted by atomic mass is 9.98. The van der Waals surface area contributed by atoms with Gasteiger partial charge in [-0.25, -0.2) is 0 Å². The molecule has 7 nitrogen and oxygen atoms in total. The molecule has 178 valence electrons. The fourth-order valence-corrected chi connectivity index (χ4v) is 4.66. The molecule has 3 N–H and O–H groups in total. The third kappa shape index (κ3) is 6.98. The Morgan fingerprint density at radius 2 is 1.61 bits per heavy atom. The molecular weight excluding hydrogens is 438 g/mol. The van der Waals surface area contributed by atoms with Gasteiger partial charge in [-0.15, -0.1) is 0 Å². The van der Waals surface area contributed by atoms with Crippen LogP contribution in [0.2, 0.25) is 25.7 Å². The van der Waals surface area contributed by atoms with Crippen LogP contribution in [0.1, 0.15) is 29.9 Å². The van der Waals surface area contributed by atoms with E-state index in [-0.39, 0.29) is 32.0 Å². The van der Waals surface area contributed by atoms with Gasteiger partial charge in [0.15, 0.2) is 0 Å². The van der Waals surface area contributed by atoms with E-state index in [2.05, 4.69) is 49.2 Å². The van der Waals surface area contributed by atoms with Gasteiger partial charge in [-0.2, -0.15) is 0 Å². The molecule has 0 bridgehead atoms. The van der Waals surface area contributed by atoms with Crippen molar-refractivity contribution in [3.8, 4) is 11.1 Å². The quantitative estimate of drug-likeness (QED) is 0.246. The second kappa shape index (κ2) is 11.1. The molecule has 0 fully saturated rings. The van der Waals surface area contributed by atoms with Crippen molar-refractivity contribution in [1.82, 2.24) is 5.32 Å². The number of carbonyl (C=O) groups is 2. The first-order valence-electron chi connectivity index (χ1n) is 11.3. The maximum absolute atomic E-state index is 12.5. The van der Waals surface area contributed by atoms with E-state index in [9.17, 15) is 14.7 Å². The van der Waals surface area contributed by atoms with Crippen LogP contribution in [0.5, 0.6) is 0 Å². The van der Waals surface area contributed by atoms with Gasteiger partial charge >= 0.3 is 11.9 Å². The summed E-state index contributed by atoms with van der Waals surface area (Å²) in [7, 11) is -1.38. The lowest BCUT2D eigenvalue weighted by Gasteiger charge is -2.23. The maximum atomic E-state index is 12.5. The zero-order chi connectivity index (χ0) is 24.0. The molecule has 0 saturated carbocycles. The van der Waals surface area contributed by atoms with Crippen molar-refractivity contribution < 1.29 is 29.3 Å². The highest BCUT2D eigenvalue weighted by molar-refractivity contribution is 6.76. The van der Waals surface area contributed by atoms with Crippen molar-refractivity contribution in [2.75, 3.05) is 13.2 Å². The average molecular weight is 472 g/mol. The smallest absolute Gasteiger partial charge is 0.323 e. The molecular formula is C25H33NO6Si. The van der Waals surface area contributed by atoms with Crippen molar-refractivity contribution in [3.05, 3.63) is 59.7 Å². The molecule has 0 heterocycles. The number of carboxylic acid groups (broad SMARTS) is 1. The van der Waals surface area contributed by atoms with E-state index in [1.807, 2.05) is 24.3 Å². The van der Waals surface area contributed by atoms with Gasteiger partial charge in [0.1, 0.15) is 6.04 Å². The van der Waals surface area contributed by atoms with Gasteiger partial charge in [-0.1, -0.05) is 68.2 Å². The number of aliphatic carboxylic acids is 1. The topological polar surface area (TPSA) is 105 Å². The summed E-state index contributed by atoms with van der Waals surface area (Å²) in [6.07, 6.45) is -1.67. The van der Waals surface area contributed by atoms with Gasteiger partial charge < -0.3 is 19.7 Å². The summed E-state index contributed by atoms with van der Waals surface area (Å²) < 4.78 is 11.0. The molecule has 0 aliphatic heterocycles. The monoisotopic (exact) mass is 471 g/mol. The number of aliphatic hydroxyl groups excluding tert-OH is 1. The maximum Gasteiger partial charge on any atom is 0.323 e. The molecule has 3 rings (SSSR count). The molecule has 0 amide bonds. The Morgan fingerprint density at radius 3 is 2.15 bits per heavy atom. The van der Waals surface area contributed by atoms with Crippen LogP contribution in [0, 0.1) is 0 Å². The van der Waals surface area contributed by atoms with Gasteiger partial charge in [0.05, 0.1) is 13.2 Å². The fourth-order valence-electron chi connectivity index (χ4n) is 3.94. The number of ether oxygens (including phenoxy) is 2. The molecule has 0 saturated heterocycles. The number of rotatable bonds is 12.